The molecule has 0 atom stereocenters. The van der Waals surface area contributed by atoms with Crippen molar-refractivity contribution in [1.29, 1.82) is 0 Å². The summed E-state index contributed by atoms with van der Waals surface area (Å²) in [6, 6.07) is 19.2. The van der Waals surface area contributed by atoms with Gasteiger partial charge in [-0.2, -0.15) is 8.42 Å². The molecular weight excluding hydrogens is 366 g/mol. The SMILES string of the molecule is O=[N+]([O-])c1cccc(S(=O)(=O)O)c1CC1c2ccccc2-c2ccccc21. The van der Waals surface area contributed by atoms with Crippen molar-refractivity contribution < 1.29 is 17.9 Å². The highest BCUT2D eigenvalue weighted by atomic mass is 32.2. The van der Waals surface area contributed by atoms with Crippen LogP contribution in [0.25, 0.3) is 11.1 Å². The summed E-state index contributed by atoms with van der Waals surface area (Å²) < 4.78 is 33.2. The molecule has 0 amide bonds. The maximum absolute atomic E-state index is 11.8. The van der Waals surface area contributed by atoms with Gasteiger partial charge in [-0.05, 0) is 34.7 Å². The van der Waals surface area contributed by atoms with Gasteiger partial charge in [0.1, 0.15) is 4.90 Å². The molecule has 1 N–H and O–H groups in total. The maximum atomic E-state index is 11.8. The van der Waals surface area contributed by atoms with Crippen molar-refractivity contribution in [3.05, 3.63) is 93.5 Å². The number of nitro benzene ring substituents is 1. The van der Waals surface area contributed by atoms with Gasteiger partial charge in [0.2, 0.25) is 0 Å². The lowest BCUT2D eigenvalue weighted by atomic mass is 9.89. The summed E-state index contributed by atoms with van der Waals surface area (Å²) in [7, 11) is -4.59. The fourth-order valence-electron chi connectivity index (χ4n) is 3.86. The number of hydrogen-bond donors (Lipinski definition) is 1. The van der Waals surface area contributed by atoms with E-state index in [1.807, 2.05) is 48.5 Å². The Balaban J connectivity index is 1.92. The van der Waals surface area contributed by atoms with E-state index in [1.54, 1.807) is 0 Å². The van der Waals surface area contributed by atoms with E-state index in [4.69, 9.17) is 0 Å². The molecule has 6 nitrogen and oxygen atoms in total. The second kappa shape index (κ2) is 6.29. The summed E-state index contributed by atoms with van der Waals surface area (Å²) in [4.78, 5) is 10.5. The van der Waals surface area contributed by atoms with Gasteiger partial charge in [-0.25, -0.2) is 0 Å². The molecule has 0 saturated carbocycles. The van der Waals surface area contributed by atoms with Crippen LogP contribution < -0.4 is 0 Å². The molecule has 0 fully saturated rings. The van der Waals surface area contributed by atoms with Crippen molar-refractivity contribution in [3.63, 3.8) is 0 Å². The zero-order valence-electron chi connectivity index (χ0n) is 14.1. The highest BCUT2D eigenvalue weighted by molar-refractivity contribution is 7.85. The van der Waals surface area contributed by atoms with E-state index in [2.05, 4.69) is 0 Å². The summed E-state index contributed by atoms with van der Waals surface area (Å²) in [6.07, 6.45) is 0.0975. The Labute approximate surface area is 156 Å². The summed E-state index contributed by atoms with van der Waals surface area (Å²) in [5.74, 6) is -0.237. The minimum Gasteiger partial charge on any atom is -0.282 e. The highest BCUT2D eigenvalue weighted by Crippen LogP contribution is 2.47. The fourth-order valence-corrected chi connectivity index (χ4v) is 4.61. The Bertz CT molecular complexity index is 1120. The van der Waals surface area contributed by atoms with Gasteiger partial charge in [-0.1, -0.05) is 54.6 Å². The van der Waals surface area contributed by atoms with Gasteiger partial charge in [0.05, 0.1) is 10.5 Å². The zero-order chi connectivity index (χ0) is 19.2. The quantitative estimate of drug-likeness (QED) is 0.415. The van der Waals surface area contributed by atoms with Gasteiger partial charge < -0.3 is 0 Å². The van der Waals surface area contributed by atoms with Crippen LogP contribution in [0.4, 0.5) is 5.69 Å². The average molecular weight is 381 g/mol. The Hall–Kier alpha value is -3.03. The standard InChI is InChI=1S/C20H15NO5S/c22-21(23)19-10-5-11-20(27(24,25)26)18(19)12-17-15-8-3-1-6-13(15)14-7-2-4-9-16(14)17/h1-11,17H,12H2,(H,24,25,26). The molecule has 136 valence electrons. The van der Waals surface area contributed by atoms with Crippen molar-refractivity contribution in [2.24, 2.45) is 0 Å². The van der Waals surface area contributed by atoms with Crippen LogP contribution in [0.2, 0.25) is 0 Å². The topological polar surface area (TPSA) is 97.5 Å². The molecule has 0 spiro atoms. The second-order valence-electron chi connectivity index (χ2n) is 6.42. The van der Waals surface area contributed by atoms with Gasteiger partial charge >= 0.3 is 0 Å². The van der Waals surface area contributed by atoms with Crippen LogP contribution in [0.15, 0.2) is 71.6 Å². The number of rotatable bonds is 4. The van der Waals surface area contributed by atoms with Crippen LogP contribution in [0, 0.1) is 10.1 Å². The Morgan fingerprint density at radius 3 is 1.96 bits per heavy atom. The Morgan fingerprint density at radius 2 is 1.44 bits per heavy atom. The van der Waals surface area contributed by atoms with E-state index in [-0.39, 0.29) is 23.6 Å². The number of fused-ring (bicyclic) bond motifs is 3. The summed E-state index contributed by atoms with van der Waals surface area (Å²) in [5.41, 5.74) is 3.74. The lowest BCUT2D eigenvalue weighted by Crippen LogP contribution is -2.10. The molecule has 0 radical (unpaired) electrons. The van der Waals surface area contributed by atoms with Crippen molar-refractivity contribution in [1.82, 2.24) is 0 Å². The van der Waals surface area contributed by atoms with Crippen LogP contribution in [0.5, 0.6) is 0 Å². The fraction of sp³-hybridized carbons (Fsp3) is 0.100. The van der Waals surface area contributed by atoms with E-state index >= 15 is 0 Å². The van der Waals surface area contributed by atoms with Crippen molar-refractivity contribution in [2.75, 3.05) is 0 Å². The molecule has 3 aromatic rings. The Morgan fingerprint density at radius 1 is 0.889 bits per heavy atom. The van der Waals surface area contributed by atoms with Crippen LogP contribution in [-0.2, 0) is 16.5 Å². The first-order chi connectivity index (χ1) is 12.9. The van der Waals surface area contributed by atoms with E-state index in [1.165, 1.54) is 18.2 Å². The third kappa shape index (κ3) is 2.90. The molecule has 0 aliphatic heterocycles. The van der Waals surface area contributed by atoms with Gasteiger partial charge in [0, 0.05) is 12.0 Å². The molecule has 0 heterocycles. The van der Waals surface area contributed by atoms with Crippen LogP contribution >= 0.6 is 0 Å². The summed E-state index contributed by atoms with van der Waals surface area (Å²) in [5, 5.41) is 11.5. The van der Waals surface area contributed by atoms with Gasteiger partial charge in [-0.15, -0.1) is 0 Å². The van der Waals surface area contributed by atoms with E-state index in [0.29, 0.717) is 0 Å². The molecule has 7 heteroatoms. The maximum Gasteiger partial charge on any atom is 0.295 e. The van der Waals surface area contributed by atoms with Crippen molar-refractivity contribution >= 4 is 15.8 Å². The number of nitro groups is 1. The Kier molecular flexibility index (Phi) is 4.05. The molecule has 0 aromatic heterocycles. The van der Waals surface area contributed by atoms with Gasteiger partial charge in [0.15, 0.2) is 0 Å². The zero-order valence-corrected chi connectivity index (χ0v) is 14.9. The van der Waals surface area contributed by atoms with Crippen LogP contribution in [0.1, 0.15) is 22.6 Å². The normalized spacial score (nSPS) is 13.2. The van der Waals surface area contributed by atoms with Crippen LogP contribution in [-0.4, -0.2) is 17.9 Å². The molecule has 3 aromatic carbocycles. The number of nitrogens with zero attached hydrogens (tertiary/aromatic N) is 1. The monoisotopic (exact) mass is 381 g/mol. The summed E-state index contributed by atoms with van der Waals surface area (Å²) in [6.45, 7) is 0. The molecule has 1 aliphatic carbocycles. The molecule has 0 saturated heterocycles. The van der Waals surface area contributed by atoms with E-state index in [0.717, 1.165) is 22.3 Å². The molecule has 27 heavy (non-hydrogen) atoms. The lowest BCUT2D eigenvalue weighted by molar-refractivity contribution is -0.385. The summed E-state index contributed by atoms with van der Waals surface area (Å²) >= 11 is 0. The second-order valence-corrected chi connectivity index (χ2v) is 7.81. The van der Waals surface area contributed by atoms with Gasteiger partial charge in [-0.3, -0.25) is 14.7 Å². The first kappa shape index (κ1) is 17.4. The molecule has 4 rings (SSSR count). The highest BCUT2D eigenvalue weighted by Gasteiger charge is 2.33. The lowest BCUT2D eigenvalue weighted by Gasteiger charge is -2.16. The van der Waals surface area contributed by atoms with Crippen LogP contribution in [0.3, 0.4) is 0 Å². The average Bonchev–Trinajstić information content (AvgIpc) is 2.95. The molecule has 0 bridgehead atoms. The smallest absolute Gasteiger partial charge is 0.282 e. The minimum absolute atomic E-state index is 0.0153. The molecule has 1 aliphatic rings. The van der Waals surface area contributed by atoms with Crippen molar-refractivity contribution in [3.8, 4) is 11.1 Å². The largest absolute Gasteiger partial charge is 0.295 e. The van der Waals surface area contributed by atoms with E-state index in [9.17, 15) is 23.1 Å². The number of benzene rings is 3. The minimum atomic E-state index is -4.59. The van der Waals surface area contributed by atoms with Crippen molar-refractivity contribution in [2.45, 2.75) is 17.2 Å². The molecule has 0 unspecified atom stereocenters. The first-order valence-corrected chi connectivity index (χ1v) is 9.74. The third-order valence-electron chi connectivity index (χ3n) is 4.95. The number of hydrogen-bond acceptors (Lipinski definition) is 4. The first-order valence-electron chi connectivity index (χ1n) is 8.30. The predicted octanol–water partition coefficient (Wildman–Crippen LogP) is 4.20. The van der Waals surface area contributed by atoms with Gasteiger partial charge in [0.25, 0.3) is 15.8 Å². The predicted molar refractivity (Wildman–Crippen MR) is 100 cm³/mol. The molecular formula is C20H15NO5S. The third-order valence-corrected chi connectivity index (χ3v) is 5.89. The van der Waals surface area contributed by atoms with E-state index < -0.39 is 19.9 Å².